The van der Waals surface area contributed by atoms with Gasteiger partial charge in [0, 0.05) is 37.3 Å². The molecule has 102 valence electrons. The van der Waals surface area contributed by atoms with Gasteiger partial charge in [-0.05, 0) is 25.0 Å². The molecule has 2 aliphatic heterocycles. The first kappa shape index (κ1) is 13.0. The Kier molecular flexibility index (Phi) is 3.56. The number of carbonyl (C=O) groups is 1. The molecule has 2 fully saturated rings. The van der Waals surface area contributed by atoms with Crippen molar-refractivity contribution in [2.45, 2.75) is 24.9 Å². The van der Waals surface area contributed by atoms with Crippen molar-refractivity contribution in [3.8, 4) is 0 Å². The maximum atomic E-state index is 12.5. The van der Waals surface area contributed by atoms with Gasteiger partial charge in [0.15, 0.2) is 5.78 Å². The first-order valence-corrected chi connectivity index (χ1v) is 6.94. The number of hydrogen-bond acceptors (Lipinski definition) is 4. The highest BCUT2D eigenvalue weighted by Gasteiger charge is 2.43. The van der Waals surface area contributed by atoms with Crippen molar-refractivity contribution in [3.05, 3.63) is 29.0 Å². The van der Waals surface area contributed by atoms with Crippen molar-refractivity contribution in [2.75, 3.05) is 19.8 Å². The molecule has 1 aromatic heterocycles. The summed E-state index contributed by atoms with van der Waals surface area (Å²) in [6.45, 7) is 1.96. The molecule has 0 aliphatic carbocycles. The second-order valence-corrected chi connectivity index (χ2v) is 5.64. The number of Topliss-reactive ketones (excluding diaryl/α,β-unsaturated/α-hetero) is 1. The van der Waals surface area contributed by atoms with Gasteiger partial charge in [-0.3, -0.25) is 4.79 Å². The first-order chi connectivity index (χ1) is 9.19. The fourth-order valence-electron chi connectivity index (χ4n) is 2.87. The van der Waals surface area contributed by atoms with Crippen molar-refractivity contribution in [3.63, 3.8) is 0 Å². The zero-order valence-corrected chi connectivity index (χ0v) is 11.4. The average Bonchev–Trinajstić information content (AvgIpc) is 2.87. The molecule has 0 N–H and O–H groups in total. The predicted molar refractivity (Wildman–Crippen MR) is 70.4 cm³/mol. The van der Waals surface area contributed by atoms with E-state index in [1.165, 1.54) is 0 Å². The molecule has 0 amide bonds. The summed E-state index contributed by atoms with van der Waals surface area (Å²) in [7, 11) is 0. The van der Waals surface area contributed by atoms with Gasteiger partial charge in [-0.15, -0.1) is 0 Å². The number of ether oxygens (including phenoxy) is 2. The molecule has 4 nitrogen and oxygen atoms in total. The molecule has 3 rings (SSSR count). The molecular formula is C14H16ClNO3. The Bertz CT molecular complexity index is 468. The van der Waals surface area contributed by atoms with Gasteiger partial charge >= 0.3 is 0 Å². The topological polar surface area (TPSA) is 48.4 Å². The Morgan fingerprint density at radius 1 is 1.42 bits per heavy atom. The van der Waals surface area contributed by atoms with E-state index in [-0.39, 0.29) is 17.3 Å². The number of carbonyl (C=O) groups excluding carboxylic acids is 1. The van der Waals surface area contributed by atoms with Gasteiger partial charge in [-0.25, -0.2) is 4.98 Å². The SMILES string of the molecule is O=C(c1ccc(Cl)nc1)C1CCOC2(CCOC2)C1. The monoisotopic (exact) mass is 281 g/mol. The minimum Gasteiger partial charge on any atom is -0.378 e. The lowest BCUT2D eigenvalue weighted by molar-refractivity contribution is -0.0920. The summed E-state index contributed by atoms with van der Waals surface area (Å²) in [5.41, 5.74) is 0.392. The second kappa shape index (κ2) is 5.19. The minimum atomic E-state index is -0.238. The summed E-state index contributed by atoms with van der Waals surface area (Å²) in [4.78, 5) is 16.4. The van der Waals surface area contributed by atoms with Crippen LogP contribution in [0, 0.1) is 5.92 Å². The number of rotatable bonds is 2. The minimum absolute atomic E-state index is 0.00146. The standard InChI is InChI=1S/C14H16ClNO3/c15-12-2-1-11(8-16-12)13(17)10-3-5-19-14(7-10)4-6-18-9-14/h1-2,8,10H,3-7,9H2. The van der Waals surface area contributed by atoms with Gasteiger partial charge < -0.3 is 9.47 Å². The van der Waals surface area contributed by atoms with Gasteiger partial charge in [-0.2, -0.15) is 0 Å². The normalized spacial score (nSPS) is 30.7. The van der Waals surface area contributed by atoms with Gasteiger partial charge in [0.2, 0.25) is 0 Å². The van der Waals surface area contributed by atoms with Crippen LogP contribution < -0.4 is 0 Å². The summed E-state index contributed by atoms with van der Waals surface area (Å²) in [6.07, 6.45) is 3.95. The Morgan fingerprint density at radius 3 is 3.00 bits per heavy atom. The van der Waals surface area contributed by atoms with E-state index < -0.39 is 0 Å². The number of ketones is 1. The van der Waals surface area contributed by atoms with Crippen molar-refractivity contribution in [2.24, 2.45) is 5.92 Å². The molecule has 1 aromatic rings. The van der Waals surface area contributed by atoms with Gasteiger partial charge in [0.05, 0.1) is 12.2 Å². The van der Waals surface area contributed by atoms with Crippen LogP contribution in [-0.4, -0.2) is 36.2 Å². The zero-order chi connectivity index (χ0) is 13.3. The van der Waals surface area contributed by atoms with E-state index in [4.69, 9.17) is 21.1 Å². The third kappa shape index (κ3) is 2.66. The molecule has 2 unspecified atom stereocenters. The molecule has 2 aliphatic rings. The van der Waals surface area contributed by atoms with Crippen molar-refractivity contribution in [1.82, 2.24) is 4.98 Å². The summed E-state index contributed by atoms with van der Waals surface area (Å²) in [6, 6.07) is 3.40. The van der Waals surface area contributed by atoms with Crippen LogP contribution in [0.3, 0.4) is 0 Å². The van der Waals surface area contributed by atoms with E-state index in [9.17, 15) is 4.79 Å². The van der Waals surface area contributed by atoms with Crippen molar-refractivity contribution < 1.29 is 14.3 Å². The third-order valence-corrected chi connectivity index (χ3v) is 4.17. The lowest BCUT2D eigenvalue weighted by atomic mass is 9.81. The van der Waals surface area contributed by atoms with Crippen LogP contribution in [-0.2, 0) is 9.47 Å². The molecule has 19 heavy (non-hydrogen) atoms. The Hall–Kier alpha value is -0.970. The number of hydrogen-bond donors (Lipinski definition) is 0. The van der Waals surface area contributed by atoms with Crippen LogP contribution >= 0.6 is 11.6 Å². The van der Waals surface area contributed by atoms with Crippen LogP contribution in [0.25, 0.3) is 0 Å². The fraction of sp³-hybridized carbons (Fsp3) is 0.571. The van der Waals surface area contributed by atoms with Crippen LogP contribution in [0.4, 0.5) is 0 Å². The first-order valence-electron chi connectivity index (χ1n) is 6.56. The van der Waals surface area contributed by atoms with Crippen LogP contribution in [0.15, 0.2) is 18.3 Å². The number of halogens is 1. The molecule has 5 heteroatoms. The quantitative estimate of drug-likeness (QED) is 0.617. The third-order valence-electron chi connectivity index (χ3n) is 3.94. The summed E-state index contributed by atoms with van der Waals surface area (Å²) >= 11 is 5.74. The predicted octanol–water partition coefficient (Wildman–Crippen LogP) is 2.50. The van der Waals surface area contributed by atoms with E-state index in [0.717, 1.165) is 25.9 Å². The molecule has 1 spiro atoms. The Labute approximate surface area is 117 Å². The Morgan fingerprint density at radius 2 is 2.32 bits per heavy atom. The average molecular weight is 282 g/mol. The van der Waals surface area contributed by atoms with E-state index in [2.05, 4.69) is 4.98 Å². The van der Waals surface area contributed by atoms with Crippen LogP contribution in [0.1, 0.15) is 29.6 Å². The summed E-state index contributed by atoms with van der Waals surface area (Å²) in [5, 5.41) is 0.407. The Balaban J connectivity index is 1.74. The number of aromatic nitrogens is 1. The van der Waals surface area contributed by atoms with Crippen LogP contribution in [0.2, 0.25) is 5.15 Å². The van der Waals surface area contributed by atoms with E-state index in [1.54, 1.807) is 18.3 Å². The van der Waals surface area contributed by atoms with E-state index in [0.29, 0.717) is 23.9 Å². The summed E-state index contributed by atoms with van der Waals surface area (Å²) in [5.74, 6) is 0.136. The highest BCUT2D eigenvalue weighted by Crippen LogP contribution is 2.37. The number of pyridine rings is 1. The fourth-order valence-corrected chi connectivity index (χ4v) is 2.98. The molecule has 2 atom stereocenters. The highest BCUT2D eigenvalue weighted by molar-refractivity contribution is 6.29. The van der Waals surface area contributed by atoms with Crippen LogP contribution in [0.5, 0.6) is 0 Å². The largest absolute Gasteiger partial charge is 0.378 e. The van der Waals surface area contributed by atoms with E-state index >= 15 is 0 Å². The molecule has 0 aromatic carbocycles. The van der Waals surface area contributed by atoms with E-state index in [1.807, 2.05) is 0 Å². The molecule has 0 bridgehead atoms. The molecular weight excluding hydrogens is 266 g/mol. The van der Waals surface area contributed by atoms with Gasteiger partial charge in [0.1, 0.15) is 5.15 Å². The van der Waals surface area contributed by atoms with Gasteiger partial charge in [-0.1, -0.05) is 11.6 Å². The van der Waals surface area contributed by atoms with Crippen molar-refractivity contribution >= 4 is 17.4 Å². The lowest BCUT2D eigenvalue weighted by Gasteiger charge is -2.36. The molecule has 0 saturated carbocycles. The molecule has 0 radical (unpaired) electrons. The lowest BCUT2D eigenvalue weighted by Crippen LogP contribution is -2.42. The summed E-state index contributed by atoms with van der Waals surface area (Å²) < 4.78 is 11.3. The molecule has 2 saturated heterocycles. The maximum Gasteiger partial charge on any atom is 0.167 e. The maximum absolute atomic E-state index is 12.5. The van der Waals surface area contributed by atoms with Gasteiger partial charge in [0.25, 0.3) is 0 Å². The zero-order valence-electron chi connectivity index (χ0n) is 10.6. The van der Waals surface area contributed by atoms with Crippen molar-refractivity contribution in [1.29, 1.82) is 0 Å². The number of nitrogens with zero attached hydrogens (tertiary/aromatic N) is 1. The molecule has 3 heterocycles. The second-order valence-electron chi connectivity index (χ2n) is 5.26. The smallest absolute Gasteiger partial charge is 0.167 e. The highest BCUT2D eigenvalue weighted by atomic mass is 35.5.